The standard InChI is InChI=1S/C21H24N2O4S/c1-27-18-9-7-16(8-10-18)11-12-22-13-21(24)23(17-5-3-2-4-6-17)20-15-28(25,26)14-19(20)22/h2-10,19-20H,11-15H2,1H3/t19-,20+/m0/s1. The van der Waals surface area contributed by atoms with Gasteiger partial charge in [-0.25, -0.2) is 8.42 Å². The maximum atomic E-state index is 12.9. The molecule has 2 aliphatic heterocycles. The Kier molecular flexibility index (Phi) is 5.12. The molecule has 28 heavy (non-hydrogen) atoms. The third-order valence-electron chi connectivity index (χ3n) is 5.58. The van der Waals surface area contributed by atoms with E-state index >= 15 is 0 Å². The highest BCUT2D eigenvalue weighted by molar-refractivity contribution is 7.91. The molecule has 4 rings (SSSR count). The first-order valence-corrected chi connectivity index (χ1v) is 11.2. The number of hydrogen-bond acceptors (Lipinski definition) is 5. The fourth-order valence-corrected chi connectivity index (χ4v) is 6.17. The van der Waals surface area contributed by atoms with Crippen LogP contribution in [0.2, 0.25) is 0 Å². The highest BCUT2D eigenvalue weighted by atomic mass is 32.2. The molecule has 1 amide bonds. The number of hydrogen-bond donors (Lipinski definition) is 0. The summed E-state index contributed by atoms with van der Waals surface area (Å²) in [6.45, 7) is 0.888. The molecule has 0 aliphatic carbocycles. The predicted molar refractivity (Wildman–Crippen MR) is 108 cm³/mol. The van der Waals surface area contributed by atoms with Crippen molar-refractivity contribution in [3.63, 3.8) is 0 Å². The van der Waals surface area contributed by atoms with Crippen LogP contribution in [-0.4, -0.2) is 63.0 Å². The summed E-state index contributed by atoms with van der Waals surface area (Å²) < 4.78 is 30.0. The molecule has 0 N–H and O–H groups in total. The molecule has 148 valence electrons. The van der Waals surface area contributed by atoms with Gasteiger partial charge in [-0.1, -0.05) is 30.3 Å². The van der Waals surface area contributed by atoms with Crippen molar-refractivity contribution < 1.29 is 17.9 Å². The second-order valence-electron chi connectivity index (χ2n) is 7.38. The van der Waals surface area contributed by atoms with Crippen LogP contribution in [0.5, 0.6) is 5.75 Å². The molecule has 6 nitrogen and oxygen atoms in total. The van der Waals surface area contributed by atoms with Crippen molar-refractivity contribution in [2.75, 3.05) is 36.6 Å². The Morgan fingerprint density at radius 3 is 2.36 bits per heavy atom. The maximum absolute atomic E-state index is 12.9. The zero-order valence-corrected chi connectivity index (χ0v) is 16.6. The molecular weight excluding hydrogens is 376 g/mol. The Labute approximate surface area is 165 Å². The number of para-hydroxylation sites is 1. The largest absolute Gasteiger partial charge is 0.497 e. The van der Waals surface area contributed by atoms with Gasteiger partial charge in [-0.05, 0) is 36.2 Å². The highest BCUT2D eigenvalue weighted by Crippen LogP contribution is 2.31. The third kappa shape index (κ3) is 3.77. The minimum absolute atomic E-state index is 0.0251. The number of nitrogens with zero attached hydrogens (tertiary/aromatic N) is 2. The average Bonchev–Trinajstić information content (AvgIpc) is 3.02. The van der Waals surface area contributed by atoms with Gasteiger partial charge in [0.2, 0.25) is 5.91 Å². The van der Waals surface area contributed by atoms with Crippen LogP contribution < -0.4 is 9.64 Å². The van der Waals surface area contributed by atoms with E-state index in [9.17, 15) is 13.2 Å². The van der Waals surface area contributed by atoms with Crippen LogP contribution in [0.3, 0.4) is 0 Å². The molecule has 0 aromatic heterocycles. The Morgan fingerprint density at radius 1 is 1.00 bits per heavy atom. The van der Waals surface area contributed by atoms with Crippen LogP contribution >= 0.6 is 0 Å². The van der Waals surface area contributed by atoms with Gasteiger partial charge >= 0.3 is 0 Å². The molecule has 0 spiro atoms. The van der Waals surface area contributed by atoms with E-state index in [0.29, 0.717) is 6.54 Å². The molecular formula is C21H24N2O4S. The van der Waals surface area contributed by atoms with E-state index in [0.717, 1.165) is 23.4 Å². The predicted octanol–water partition coefficient (Wildman–Crippen LogP) is 1.75. The van der Waals surface area contributed by atoms with Gasteiger partial charge in [0.25, 0.3) is 0 Å². The van der Waals surface area contributed by atoms with Gasteiger partial charge in [0, 0.05) is 18.3 Å². The van der Waals surface area contributed by atoms with Gasteiger partial charge in [0.15, 0.2) is 9.84 Å². The first-order chi connectivity index (χ1) is 13.5. The van der Waals surface area contributed by atoms with E-state index in [-0.39, 0.29) is 36.0 Å². The normalized spacial score (nSPS) is 24.2. The lowest BCUT2D eigenvalue weighted by molar-refractivity contribution is -0.123. The Bertz CT molecular complexity index is 944. The fourth-order valence-electron chi connectivity index (χ4n) is 4.19. The van der Waals surface area contributed by atoms with Gasteiger partial charge in [0.1, 0.15) is 5.75 Å². The van der Waals surface area contributed by atoms with Crippen LogP contribution in [-0.2, 0) is 21.1 Å². The number of anilines is 1. The lowest BCUT2D eigenvalue weighted by Gasteiger charge is -2.43. The maximum Gasteiger partial charge on any atom is 0.241 e. The quantitative estimate of drug-likeness (QED) is 0.765. The number of piperazine rings is 1. The monoisotopic (exact) mass is 400 g/mol. The van der Waals surface area contributed by atoms with E-state index in [2.05, 4.69) is 0 Å². The number of amides is 1. The summed E-state index contributed by atoms with van der Waals surface area (Å²) in [4.78, 5) is 16.7. The number of rotatable bonds is 5. The molecule has 0 bridgehead atoms. The Morgan fingerprint density at radius 2 is 1.68 bits per heavy atom. The summed E-state index contributed by atoms with van der Waals surface area (Å²) >= 11 is 0. The molecule has 2 aliphatic rings. The lowest BCUT2D eigenvalue weighted by Crippen LogP contribution is -2.62. The second-order valence-corrected chi connectivity index (χ2v) is 9.53. The molecule has 2 atom stereocenters. The summed E-state index contributed by atoms with van der Waals surface area (Å²) in [6, 6.07) is 16.7. The van der Waals surface area contributed by atoms with E-state index in [1.54, 1.807) is 12.0 Å². The van der Waals surface area contributed by atoms with Crippen molar-refractivity contribution in [3.05, 3.63) is 60.2 Å². The van der Waals surface area contributed by atoms with Crippen molar-refractivity contribution in [2.24, 2.45) is 0 Å². The minimum atomic E-state index is -3.17. The van der Waals surface area contributed by atoms with Crippen molar-refractivity contribution in [1.82, 2.24) is 4.90 Å². The molecule has 2 fully saturated rings. The minimum Gasteiger partial charge on any atom is -0.497 e. The smallest absolute Gasteiger partial charge is 0.241 e. The zero-order chi connectivity index (χ0) is 19.7. The number of sulfone groups is 1. The first kappa shape index (κ1) is 19.0. The van der Waals surface area contributed by atoms with Crippen LogP contribution in [0.4, 0.5) is 5.69 Å². The lowest BCUT2D eigenvalue weighted by atomic mass is 10.0. The van der Waals surface area contributed by atoms with Crippen LogP contribution in [0.15, 0.2) is 54.6 Å². The van der Waals surface area contributed by atoms with Gasteiger partial charge in [-0.15, -0.1) is 0 Å². The summed E-state index contributed by atoms with van der Waals surface area (Å²) in [5, 5.41) is 0. The van der Waals surface area contributed by atoms with Crippen LogP contribution in [0.1, 0.15) is 5.56 Å². The van der Waals surface area contributed by atoms with Gasteiger partial charge < -0.3 is 9.64 Å². The average molecular weight is 401 g/mol. The van der Waals surface area contributed by atoms with E-state index in [1.807, 2.05) is 59.5 Å². The molecule has 2 heterocycles. The SMILES string of the molecule is COc1ccc(CCN2CC(=O)N(c3ccccc3)[C@@H]3CS(=O)(=O)C[C@@H]32)cc1. The summed E-state index contributed by atoms with van der Waals surface area (Å²) in [5.74, 6) is 0.894. The number of ether oxygens (including phenoxy) is 1. The zero-order valence-electron chi connectivity index (χ0n) is 15.8. The fraction of sp³-hybridized carbons (Fsp3) is 0.381. The van der Waals surface area contributed by atoms with E-state index in [1.165, 1.54) is 0 Å². The Balaban J connectivity index is 1.54. The molecule has 7 heteroatoms. The number of methoxy groups -OCH3 is 1. The van der Waals surface area contributed by atoms with Crippen molar-refractivity contribution in [3.8, 4) is 5.75 Å². The van der Waals surface area contributed by atoms with E-state index in [4.69, 9.17) is 4.74 Å². The number of carbonyl (C=O) groups excluding carboxylic acids is 1. The Hall–Kier alpha value is -2.38. The third-order valence-corrected chi connectivity index (χ3v) is 7.28. The molecule has 0 radical (unpaired) electrons. The summed E-state index contributed by atoms with van der Waals surface area (Å²) in [7, 11) is -1.54. The topological polar surface area (TPSA) is 66.9 Å². The first-order valence-electron chi connectivity index (χ1n) is 9.41. The van der Waals surface area contributed by atoms with Crippen molar-refractivity contribution >= 4 is 21.4 Å². The molecule has 2 aromatic rings. The number of carbonyl (C=O) groups is 1. The van der Waals surface area contributed by atoms with Gasteiger partial charge in [0.05, 0.1) is 31.2 Å². The van der Waals surface area contributed by atoms with Crippen molar-refractivity contribution in [2.45, 2.75) is 18.5 Å². The van der Waals surface area contributed by atoms with Gasteiger partial charge in [-0.2, -0.15) is 0 Å². The molecule has 0 unspecified atom stereocenters. The van der Waals surface area contributed by atoms with Crippen LogP contribution in [0.25, 0.3) is 0 Å². The second kappa shape index (κ2) is 7.56. The molecule has 2 aromatic carbocycles. The summed E-state index contributed by atoms with van der Waals surface area (Å²) in [5.41, 5.74) is 1.91. The number of benzene rings is 2. The van der Waals surface area contributed by atoms with E-state index < -0.39 is 9.84 Å². The molecule has 0 saturated carbocycles. The van der Waals surface area contributed by atoms with Gasteiger partial charge in [-0.3, -0.25) is 9.69 Å². The number of fused-ring (bicyclic) bond motifs is 1. The molecule has 2 saturated heterocycles. The summed E-state index contributed by atoms with van der Waals surface area (Å²) in [6.07, 6.45) is 0.756. The van der Waals surface area contributed by atoms with Crippen molar-refractivity contribution in [1.29, 1.82) is 0 Å². The van der Waals surface area contributed by atoms with Crippen LogP contribution in [0, 0.1) is 0 Å². The highest BCUT2D eigenvalue weighted by Gasteiger charge is 2.49.